The maximum Gasteiger partial charge on any atom is 0.328 e. The van der Waals surface area contributed by atoms with Crippen molar-refractivity contribution in [3.05, 3.63) is 12.8 Å². The Bertz CT molecular complexity index is 145. The van der Waals surface area contributed by atoms with Crippen molar-refractivity contribution in [1.82, 2.24) is 0 Å². The number of esters is 1. The number of rotatable bonds is 6. The summed E-state index contributed by atoms with van der Waals surface area (Å²) in [5.74, 6) is -0.400. The Morgan fingerprint density at radius 1 is 1.67 bits per heavy atom. The van der Waals surface area contributed by atoms with Gasteiger partial charge in [-0.25, -0.2) is 0 Å². The molecule has 0 aromatic heterocycles. The van der Waals surface area contributed by atoms with Crippen molar-refractivity contribution in [2.75, 3.05) is 0 Å². The predicted molar refractivity (Wildman–Crippen MR) is 50.1 cm³/mol. The Hall–Kier alpha value is -0.500. The molecule has 0 amide bonds. The molecular weight excluding hydrogens is 176 g/mol. The second-order valence-corrected chi connectivity index (χ2v) is 3.09. The Balaban J connectivity index is 3.49. The first kappa shape index (κ1) is 11.5. The van der Waals surface area contributed by atoms with E-state index >= 15 is 0 Å². The number of alkyl halides is 1. The third-order valence-electron chi connectivity index (χ3n) is 1.52. The molecule has 0 fully saturated rings. The van der Waals surface area contributed by atoms with Crippen LogP contribution in [0.4, 0.5) is 0 Å². The van der Waals surface area contributed by atoms with Gasteiger partial charge in [-0.2, -0.15) is 0 Å². The van der Waals surface area contributed by atoms with Crippen molar-refractivity contribution >= 4 is 17.6 Å². The number of carbonyl (C=O) groups is 1. The maximum atomic E-state index is 10.9. The van der Waals surface area contributed by atoms with Gasteiger partial charge in [0.2, 0.25) is 0 Å². The summed E-state index contributed by atoms with van der Waals surface area (Å²) < 4.78 is 4.53. The molecule has 0 radical (unpaired) electrons. The normalized spacial score (nSPS) is 12.2. The molecule has 12 heavy (non-hydrogen) atoms. The second kappa shape index (κ2) is 7.17. The van der Waals surface area contributed by atoms with Crippen LogP contribution in [0.1, 0.15) is 32.6 Å². The SMILES string of the molecule is C=COC(=O)C(Cl)CCCCC. The van der Waals surface area contributed by atoms with Crippen molar-refractivity contribution in [1.29, 1.82) is 0 Å². The van der Waals surface area contributed by atoms with Crippen LogP contribution < -0.4 is 0 Å². The molecule has 0 aromatic carbocycles. The molecular formula is C9H15ClO2. The van der Waals surface area contributed by atoms with Gasteiger partial charge in [0.25, 0.3) is 0 Å². The largest absolute Gasteiger partial charge is 0.434 e. The van der Waals surface area contributed by atoms with Crippen LogP contribution in [0.3, 0.4) is 0 Å². The minimum atomic E-state index is -0.519. The van der Waals surface area contributed by atoms with Crippen molar-refractivity contribution in [3.8, 4) is 0 Å². The molecule has 0 heterocycles. The highest BCUT2D eigenvalue weighted by atomic mass is 35.5. The summed E-state index contributed by atoms with van der Waals surface area (Å²) in [4.78, 5) is 10.9. The van der Waals surface area contributed by atoms with E-state index in [1.54, 1.807) is 0 Å². The fourth-order valence-electron chi connectivity index (χ4n) is 0.847. The quantitative estimate of drug-likeness (QED) is 0.279. The van der Waals surface area contributed by atoms with Crippen LogP contribution in [-0.2, 0) is 9.53 Å². The molecule has 0 saturated carbocycles. The van der Waals surface area contributed by atoms with Gasteiger partial charge < -0.3 is 4.74 Å². The van der Waals surface area contributed by atoms with E-state index in [1.807, 2.05) is 0 Å². The molecule has 0 aliphatic rings. The number of hydrogen-bond acceptors (Lipinski definition) is 2. The zero-order chi connectivity index (χ0) is 9.40. The Morgan fingerprint density at radius 3 is 2.83 bits per heavy atom. The summed E-state index contributed by atoms with van der Waals surface area (Å²) >= 11 is 5.72. The molecule has 3 heteroatoms. The van der Waals surface area contributed by atoms with Crippen LogP contribution in [0.2, 0.25) is 0 Å². The van der Waals surface area contributed by atoms with Gasteiger partial charge in [-0.05, 0) is 6.42 Å². The molecule has 70 valence electrons. The third kappa shape index (κ3) is 5.19. The van der Waals surface area contributed by atoms with Crippen LogP contribution in [0, 0.1) is 0 Å². The van der Waals surface area contributed by atoms with E-state index in [1.165, 1.54) is 0 Å². The smallest absolute Gasteiger partial charge is 0.328 e. The van der Waals surface area contributed by atoms with Gasteiger partial charge in [-0.1, -0.05) is 32.8 Å². The molecule has 2 nitrogen and oxygen atoms in total. The lowest BCUT2D eigenvalue weighted by Gasteiger charge is -2.05. The monoisotopic (exact) mass is 190 g/mol. The Morgan fingerprint density at radius 2 is 2.33 bits per heavy atom. The van der Waals surface area contributed by atoms with Gasteiger partial charge in [0.1, 0.15) is 5.38 Å². The second-order valence-electron chi connectivity index (χ2n) is 2.57. The number of hydrogen-bond donors (Lipinski definition) is 0. The molecule has 0 bridgehead atoms. The first-order chi connectivity index (χ1) is 5.72. The summed E-state index contributed by atoms with van der Waals surface area (Å²) in [6.45, 7) is 5.38. The van der Waals surface area contributed by atoms with Crippen molar-refractivity contribution in [2.45, 2.75) is 38.0 Å². The predicted octanol–water partition coefficient (Wildman–Crippen LogP) is 2.86. The molecule has 0 spiro atoms. The zero-order valence-corrected chi connectivity index (χ0v) is 8.14. The highest BCUT2D eigenvalue weighted by Crippen LogP contribution is 2.10. The summed E-state index contributed by atoms with van der Waals surface area (Å²) in [6.07, 6.45) is 4.99. The van der Waals surface area contributed by atoms with Crippen LogP contribution >= 0.6 is 11.6 Å². The topological polar surface area (TPSA) is 26.3 Å². The maximum absolute atomic E-state index is 10.9. The number of halogens is 1. The number of unbranched alkanes of at least 4 members (excludes halogenated alkanes) is 2. The molecule has 0 N–H and O–H groups in total. The molecule has 1 unspecified atom stereocenters. The minimum Gasteiger partial charge on any atom is -0.434 e. The molecule has 1 atom stereocenters. The Labute approximate surface area is 78.5 Å². The van der Waals surface area contributed by atoms with Gasteiger partial charge in [-0.3, -0.25) is 4.79 Å². The van der Waals surface area contributed by atoms with E-state index in [0.717, 1.165) is 25.5 Å². The van der Waals surface area contributed by atoms with E-state index in [2.05, 4.69) is 18.2 Å². The molecule has 0 rings (SSSR count). The first-order valence-corrected chi connectivity index (χ1v) is 4.61. The van der Waals surface area contributed by atoms with E-state index in [0.29, 0.717) is 6.42 Å². The third-order valence-corrected chi connectivity index (χ3v) is 1.91. The lowest BCUT2D eigenvalue weighted by molar-refractivity contribution is -0.137. The average Bonchev–Trinajstić information content (AvgIpc) is 2.05. The fraction of sp³-hybridized carbons (Fsp3) is 0.667. The summed E-state index contributed by atoms with van der Waals surface area (Å²) in [6, 6.07) is 0. The summed E-state index contributed by atoms with van der Waals surface area (Å²) in [5, 5.41) is -0.519. The molecule has 0 saturated heterocycles. The van der Waals surface area contributed by atoms with Crippen LogP contribution in [0.5, 0.6) is 0 Å². The average molecular weight is 191 g/mol. The molecule has 0 aliphatic carbocycles. The van der Waals surface area contributed by atoms with Crippen molar-refractivity contribution in [3.63, 3.8) is 0 Å². The van der Waals surface area contributed by atoms with Gasteiger partial charge >= 0.3 is 5.97 Å². The van der Waals surface area contributed by atoms with Gasteiger partial charge in [0, 0.05) is 0 Å². The van der Waals surface area contributed by atoms with Crippen molar-refractivity contribution < 1.29 is 9.53 Å². The zero-order valence-electron chi connectivity index (χ0n) is 7.38. The van der Waals surface area contributed by atoms with E-state index in [9.17, 15) is 4.79 Å². The molecule has 0 aliphatic heterocycles. The summed E-state index contributed by atoms with van der Waals surface area (Å²) in [7, 11) is 0. The minimum absolute atomic E-state index is 0.400. The van der Waals surface area contributed by atoms with Crippen molar-refractivity contribution in [2.24, 2.45) is 0 Å². The van der Waals surface area contributed by atoms with Crippen LogP contribution in [0.15, 0.2) is 12.8 Å². The van der Waals surface area contributed by atoms with Gasteiger partial charge in [-0.15, -0.1) is 11.6 Å². The lowest BCUT2D eigenvalue weighted by atomic mass is 10.1. The van der Waals surface area contributed by atoms with E-state index in [-0.39, 0.29) is 0 Å². The summed E-state index contributed by atoms with van der Waals surface area (Å²) in [5.41, 5.74) is 0. The van der Waals surface area contributed by atoms with Crippen LogP contribution in [-0.4, -0.2) is 11.3 Å². The van der Waals surface area contributed by atoms with Gasteiger partial charge in [0.15, 0.2) is 0 Å². The molecule has 0 aromatic rings. The van der Waals surface area contributed by atoms with Crippen LogP contribution in [0.25, 0.3) is 0 Å². The van der Waals surface area contributed by atoms with E-state index < -0.39 is 11.3 Å². The highest BCUT2D eigenvalue weighted by Gasteiger charge is 2.14. The Kier molecular flexibility index (Phi) is 6.87. The highest BCUT2D eigenvalue weighted by molar-refractivity contribution is 6.29. The van der Waals surface area contributed by atoms with Gasteiger partial charge in [0.05, 0.1) is 6.26 Å². The number of ether oxygens (including phenoxy) is 1. The lowest BCUT2D eigenvalue weighted by Crippen LogP contribution is -2.15. The number of carbonyl (C=O) groups excluding carboxylic acids is 1. The standard InChI is InChI=1S/C9H15ClO2/c1-3-5-6-7-8(10)9(11)12-4-2/h4,8H,2-3,5-7H2,1H3. The fourth-order valence-corrected chi connectivity index (χ4v) is 1.05. The first-order valence-electron chi connectivity index (χ1n) is 4.17. The van der Waals surface area contributed by atoms with E-state index in [4.69, 9.17) is 11.6 Å².